The number of nitrogens with zero attached hydrogens (tertiary/aromatic N) is 3. The van der Waals surface area contributed by atoms with Crippen LogP contribution in [0.4, 0.5) is 0 Å². The number of aliphatic carboxylic acids is 2. The lowest BCUT2D eigenvalue weighted by Crippen LogP contribution is -2.38. The van der Waals surface area contributed by atoms with Gasteiger partial charge in [0.1, 0.15) is 12.7 Å². The minimum atomic E-state index is -1.26. The number of piperidine rings is 1. The van der Waals surface area contributed by atoms with Crippen molar-refractivity contribution in [3.8, 4) is 0 Å². The molecule has 160 valence electrons. The van der Waals surface area contributed by atoms with Gasteiger partial charge in [-0.3, -0.25) is 0 Å². The molecule has 11 heteroatoms. The molecule has 2 heterocycles. The van der Waals surface area contributed by atoms with Gasteiger partial charge in [0, 0.05) is 24.8 Å². The average molecular weight is 430 g/mol. The largest absolute Gasteiger partial charge is 0.619 e. The van der Waals surface area contributed by atoms with Crippen molar-refractivity contribution in [1.82, 2.24) is 4.90 Å². The fourth-order valence-corrected chi connectivity index (χ4v) is 2.61. The van der Waals surface area contributed by atoms with E-state index in [0.29, 0.717) is 29.0 Å². The maximum atomic E-state index is 11.1. The summed E-state index contributed by atoms with van der Waals surface area (Å²) in [6, 6.07) is 3.24. The standard InChI is InChI=1S/C14H20ClN3O3.C4H4O4/c15-14(12-5-4-8-18(20)9-12)16-21-11-13(19)10-17-6-2-1-3-7-17;5-3(6)1-2-4(7)8/h4-5,8-9,13,19H,1-3,6-7,10-11H2;1-2H,(H,5,6)(H,7,8)/b16-14+;2-1-/t13-;/m1./s1. The predicted molar refractivity (Wildman–Crippen MR) is 104 cm³/mol. The Kier molecular flexibility index (Phi) is 11.3. The van der Waals surface area contributed by atoms with Crippen molar-refractivity contribution in [1.29, 1.82) is 0 Å². The monoisotopic (exact) mass is 429 g/mol. The normalized spacial score (nSPS) is 16.0. The highest BCUT2D eigenvalue weighted by atomic mass is 35.5. The first-order chi connectivity index (χ1) is 13.8. The van der Waals surface area contributed by atoms with E-state index in [1.165, 1.54) is 31.7 Å². The van der Waals surface area contributed by atoms with E-state index >= 15 is 0 Å². The molecule has 29 heavy (non-hydrogen) atoms. The average Bonchev–Trinajstić information content (AvgIpc) is 2.67. The number of likely N-dealkylation sites (tertiary alicyclic amines) is 1. The van der Waals surface area contributed by atoms with E-state index < -0.39 is 18.0 Å². The summed E-state index contributed by atoms with van der Waals surface area (Å²) in [5.41, 5.74) is 0.472. The number of aliphatic hydroxyl groups excluding tert-OH is 1. The second-order valence-corrected chi connectivity index (χ2v) is 6.51. The first kappa shape index (κ1) is 24.3. The summed E-state index contributed by atoms with van der Waals surface area (Å²) in [7, 11) is 0. The molecule has 2 rings (SSSR count). The van der Waals surface area contributed by atoms with Crippen LogP contribution in [-0.2, 0) is 14.4 Å². The lowest BCUT2D eigenvalue weighted by molar-refractivity contribution is -0.605. The molecule has 1 fully saturated rings. The number of hydrogen-bond donors (Lipinski definition) is 3. The van der Waals surface area contributed by atoms with Crippen molar-refractivity contribution in [2.75, 3.05) is 26.2 Å². The molecule has 1 aliphatic heterocycles. The summed E-state index contributed by atoms with van der Waals surface area (Å²) >= 11 is 5.93. The Morgan fingerprint density at radius 3 is 2.45 bits per heavy atom. The van der Waals surface area contributed by atoms with Crippen molar-refractivity contribution in [3.05, 3.63) is 47.4 Å². The molecule has 0 amide bonds. The second kappa shape index (κ2) is 13.5. The summed E-state index contributed by atoms with van der Waals surface area (Å²) in [5.74, 6) is -2.51. The number of aliphatic hydroxyl groups is 1. The van der Waals surface area contributed by atoms with Crippen LogP contribution in [0.3, 0.4) is 0 Å². The van der Waals surface area contributed by atoms with Crippen molar-refractivity contribution in [3.63, 3.8) is 0 Å². The van der Waals surface area contributed by atoms with Crippen LogP contribution >= 0.6 is 11.6 Å². The van der Waals surface area contributed by atoms with Gasteiger partial charge in [-0.2, -0.15) is 4.73 Å². The Morgan fingerprint density at radius 1 is 1.28 bits per heavy atom. The third-order valence-electron chi connectivity index (χ3n) is 3.71. The van der Waals surface area contributed by atoms with Gasteiger partial charge in [0.25, 0.3) is 0 Å². The molecule has 0 aromatic carbocycles. The third kappa shape index (κ3) is 11.7. The van der Waals surface area contributed by atoms with Crippen molar-refractivity contribution >= 4 is 28.7 Å². The molecule has 10 nitrogen and oxygen atoms in total. The van der Waals surface area contributed by atoms with Gasteiger partial charge >= 0.3 is 11.9 Å². The maximum absolute atomic E-state index is 11.1. The van der Waals surface area contributed by atoms with Gasteiger partial charge in [0.05, 0.1) is 5.56 Å². The van der Waals surface area contributed by atoms with Crippen LogP contribution in [0.15, 0.2) is 41.8 Å². The van der Waals surface area contributed by atoms with E-state index in [9.17, 15) is 19.9 Å². The number of halogens is 1. The molecule has 3 N–H and O–H groups in total. The lowest BCUT2D eigenvalue weighted by atomic mass is 10.1. The Bertz CT molecular complexity index is 705. The molecule has 0 bridgehead atoms. The lowest BCUT2D eigenvalue weighted by Gasteiger charge is -2.27. The molecule has 1 saturated heterocycles. The summed E-state index contributed by atoms with van der Waals surface area (Å²) < 4.78 is 0.637. The van der Waals surface area contributed by atoms with Gasteiger partial charge in [-0.1, -0.05) is 23.2 Å². The molecule has 0 unspecified atom stereocenters. The zero-order valence-electron chi connectivity index (χ0n) is 15.7. The smallest absolute Gasteiger partial charge is 0.328 e. The SMILES string of the molecule is O=C(O)/C=C\C(=O)O.[O-][n+]1cccc(/C(Cl)=N\OC[C@H](O)CN2CCCCC2)c1. The summed E-state index contributed by atoms with van der Waals surface area (Å²) in [5, 5.41) is 40.4. The second-order valence-electron chi connectivity index (χ2n) is 6.16. The summed E-state index contributed by atoms with van der Waals surface area (Å²) in [4.78, 5) is 26.4. The number of β-amino-alcohol motifs (C(OH)–C–C–N with tert-alkyl or cyclic N) is 1. The molecule has 1 aromatic rings. The molecule has 0 spiro atoms. The fourth-order valence-electron chi connectivity index (χ4n) is 2.44. The first-order valence-electron chi connectivity index (χ1n) is 8.87. The molecule has 1 aromatic heterocycles. The van der Waals surface area contributed by atoms with Gasteiger partial charge in [-0.15, -0.1) is 0 Å². The van der Waals surface area contributed by atoms with E-state index in [2.05, 4.69) is 10.1 Å². The highest BCUT2D eigenvalue weighted by Gasteiger charge is 2.15. The Balaban J connectivity index is 0.000000447. The van der Waals surface area contributed by atoms with E-state index in [0.717, 1.165) is 13.1 Å². The Hall–Kier alpha value is -2.69. The molecule has 0 saturated carbocycles. The number of aromatic nitrogens is 1. The Morgan fingerprint density at radius 2 is 1.90 bits per heavy atom. The van der Waals surface area contributed by atoms with Crippen LogP contribution in [-0.4, -0.2) is 69.7 Å². The van der Waals surface area contributed by atoms with Crippen molar-refractivity contribution in [2.24, 2.45) is 5.16 Å². The highest BCUT2D eigenvalue weighted by Crippen LogP contribution is 2.09. The van der Waals surface area contributed by atoms with Crippen molar-refractivity contribution < 1.29 is 34.5 Å². The van der Waals surface area contributed by atoms with Crippen molar-refractivity contribution in [2.45, 2.75) is 25.4 Å². The molecular formula is C18H24ClN3O7. The number of rotatable bonds is 8. The van der Waals surface area contributed by atoms with Crippen LogP contribution in [0.25, 0.3) is 0 Å². The number of carboxylic acids is 2. The minimum absolute atomic E-state index is 0.0803. The predicted octanol–water partition coefficient (Wildman–Crippen LogP) is 0.796. The zero-order valence-corrected chi connectivity index (χ0v) is 16.4. The first-order valence-corrected chi connectivity index (χ1v) is 9.24. The van der Waals surface area contributed by atoms with Gasteiger partial charge < -0.3 is 30.3 Å². The van der Waals surface area contributed by atoms with Gasteiger partial charge in [0.2, 0.25) is 0 Å². The summed E-state index contributed by atoms with van der Waals surface area (Å²) in [6.07, 6.45) is 6.80. The molecule has 1 aliphatic rings. The quantitative estimate of drug-likeness (QED) is 0.181. The minimum Gasteiger partial charge on any atom is -0.619 e. The molecule has 0 aliphatic carbocycles. The van der Waals surface area contributed by atoms with Crippen LogP contribution in [0.2, 0.25) is 0 Å². The number of oxime groups is 1. The number of hydrogen-bond acceptors (Lipinski definition) is 7. The van der Waals surface area contributed by atoms with Crippen LogP contribution in [0.5, 0.6) is 0 Å². The van der Waals surface area contributed by atoms with E-state index in [-0.39, 0.29) is 11.8 Å². The van der Waals surface area contributed by atoms with E-state index in [1.54, 1.807) is 12.1 Å². The molecular weight excluding hydrogens is 406 g/mol. The van der Waals surface area contributed by atoms with Gasteiger partial charge in [-0.05, 0) is 32.0 Å². The maximum Gasteiger partial charge on any atom is 0.328 e. The number of pyridine rings is 1. The van der Waals surface area contributed by atoms with E-state index in [1.807, 2.05) is 0 Å². The van der Waals surface area contributed by atoms with Crippen LogP contribution < -0.4 is 4.73 Å². The fraction of sp³-hybridized carbons (Fsp3) is 0.444. The number of carboxylic acid groups (broad SMARTS) is 2. The summed E-state index contributed by atoms with van der Waals surface area (Å²) in [6.45, 7) is 2.71. The van der Waals surface area contributed by atoms with Crippen LogP contribution in [0, 0.1) is 5.21 Å². The van der Waals surface area contributed by atoms with Crippen LogP contribution in [0.1, 0.15) is 24.8 Å². The number of carbonyl (C=O) groups is 2. The molecule has 1 atom stereocenters. The van der Waals surface area contributed by atoms with E-state index in [4.69, 9.17) is 26.7 Å². The third-order valence-corrected chi connectivity index (χ3v) is 4.00. The van der Waals surface area contributed by atoms with Gasteiger partial charge in [-0.25, -0.2) is 9.59 Å². The Labute approximate surface area is 172 Å². The zero-order chi connectivity index (χ0) is 21.6. The topological polar surface area (TPSA) is 147 Å². The molecule has 0 radical (unpaired) electrons. The highest BCUT2D eigenvalue weighted by molar-refractivity contribution is 6.69. The van der Waals surface area contributed by atoms with Gasteiger partial charge in [0.15, 0.2) is 17.6 Å².